The Labute approximate surface area is 189 Å². The van der Waals surface area contributed by atoms with E-state index in [4.69, 9.17) is 9.15 Å². The highest BCUT2D eigenvalue weighted by Crippen LogP contribution is 2.44. The van der Waals surface area contributed by atoms with Crippen LogP contribution in [0, 0.1) is 18.6 Å². The summed E-state index contributed by atoms with van der Waals surface area (Å²) >= 11 is 3.31. The van der Waals surface area contributed by atoms with Gasteiger partial charge in [-0.2, -0.15) is 0 Å². The van der Waals surface area contributed by atoms with Crippen LogP contribution in [-0.2, 0) is 9.59 Å². The van der Waals surface area contributed by atoms with E-state index in [-0.39, 0.29) is 16.9 Å². The zero-order valence-corrected chi connectivity index (χ0v) is 18.4. The van der Waals surface area contributed by atoms with E-state index in [1.807, 2.05) is 0 Å². The molecule has 1 fully saturated rings. The summed E-state index contributed by atoms with van der Waals surface area (Å²) in [5.41, 5.74) is -0.546. The maximum absolute atomic E-state index is 14.6. The summed E-state index contributed by atoms with van der Waals surface area (Å²) in [5, 5.41) is 11.0. The molecule has 32 heavy (non-hydrogen) atoms. The van der Waals surface area contributed by atoms with E-state index >= 15 is 0 Å². The van der Waals surface area contributed by atoms with Crippen molar-refractivity contribution in [1.82, 2.24) is 0 Å². The van der Waals surface area contributed by atoms with Crippen molar-refractivity contribution >= 4 is 39.1 Å². The molecule has 0 radical (unpaired) electrons. The number of Topliss-reactive ketones (excluding diaryl/α,β-unsaturated/α-hetero) is 1. The number of aryl methyl sites for hydroxylation is 1. The largest absolute Gasteiger partial charge is 0.507 e. The average Bonchev–Trinajstić information content (AvgIpc) is 3.30. The number of aliphatic hydroxyl groups is 1. The standard InChI is InChI=1S/C23H16BrF2NO5/c1-11-3-7-18(32-11)20-19(21(28)12-4-8-17(31-2)14(24)9-12)22(29)23(30)27(20)16-10-13(25)5-6-15(16)26/h3-10,20,28H,1-2H3/b21-19-. The van der Waals surface area contributed by atoms with Gasteiger partial charge in [-0.15, -0.1) is 0 Å². The number of hydrogen-bond donors (Lipinski definition) is 1. The van der Waals surface area contributed by atoms with Crippen LogP contribution in [0.15, 0.2) is 63.0 Å². The Hall–Kier alpha value is -3.46. The van der Waals surface area contributed by atoms with E-state index in [2.05, 4.69) is 15.9 Å². The first-order valence-electron chi connectivity index (χ1n) is 9.39. The van der Waals surface area contributed by atoms with Crippen molar-refractivity contribution in [2.24, 2.45) is 0 Å². The normalized spacial score (nSPS) is 17.8. The molecule has 1 N–H and O–H groups in total. The van der Waals surface area contributed by atoms with Gasteiger partial charge in [0.1, 0.15) is 40.7 Å². The number of hydrogen-bond acceptors (Lipinski definition) is 5. The number of benzene rings is 2. The maximum atomic E-state index is 14.6. The molecule has 0 bridgehead atoms. The molecule has 1 atom stereocenters. The molecule has 0 aliphatic carbocycles. The first kappa shape index (κ1) is 21.8. The van der Waals surface area contributed by atoms with E-state index in [1.54, 1.807) is 19.1 Å². The summed E-state index contributed by atoms with van der Waals surface area (Å²) in [7, 11) is 1.47. The summed E-state index contributed by atoms with van der Waals surface area (Å²) in [6.45, 7) is 1.65. The van der Waals surface area contributed by atoms with Crippen LogP contribution in [0.3, 0.4) is 0 Å². The second-order valence-electron chi connectivity index (χ2n) is 7.06. The van der Waals surface area contributed by atoms with Crippen LogP contribution in [0.2, 0.25) is 0 Å². The highest BCUT2D eigenvalue weighted by atomic mass is 79.9. The van der Waals surface area contributed by atoms with Gasteiger partial charge in [0.05, 0.1) is 22.8 Å². The van der Waals surface area contributed by atoms with Crippen molar-refractivity contribution in [2.45, 2.75) is 13.0 Å². The second kappa shape index (κ2) is 8.23. The molecule has 9 heteroatoms. The summed E-state index contributed by atoms with van der Waals surface area (Å²) in [4.78, 5) is 26.7. The van der Waals surface area contributed by atoms with Crippen LogP contribution >= 0.6 is 15.9 Å². The van der Waals surface area contributed by atoms with Crippen LogP contribution in [0.25, 0.3) is 5.76 Å². The van der Waals surface area contributed by atoms with Crippen LogP contribution in [0.1, 0.15) is 23.1 Å². The topological polar surface area (TPSA) is 80.0 Å². The lowest BCUT2D eigenvalue weighted by atomic mass is 9.99. The molecular formula is C23H16BrF2NO5. The predicted octanol–water partition coefficient (Wildman–Crippen LogP) is 5.26. The van der Waals surface area contributed by atoms with E-state index in [9.17, 15) is 23.5 Å². The van der Waals surface area contributed by atoms with Crippen molar-refractivity contribution in [1.29, 1.82) is 0 Å². The van der Waals surface area contributed by atoms with Crippen LogP contribution in [0.5, 0.6) is 5.75 Å². The first-order valence-corrected chi connectivity index (χ1v) is 10.2. The molecule has 1 aromatic heterocycles. The third-order valence-corrected chi connectivity index (χ3v) is 5.69. The Morgan fingerprint density at radius 3 is 2.50 bits per heavy atom. The molecule has 4 rings (SSSR count). The van der Waals surface area contributed by atoms with Crippen LogP contribution < -0.4 is 9.64 Å². The van der Waals surface area contributed by atoms with E-state index in [0.717, 1.165) is 23.1 Å². The van der Waals surface area contributed by atoms with Gasteiger partial charge < -0.3 is 14.3 Å². The average molecular weight is 504 g/mol. The maximum Gasteiger partial charge on any atom is 0.300 e. The molecule has 1 aliphatic rings. The molecule has 164 valence electrons. The molecule has 6 nitrogen and oxygen atoms in total. The Morgan fingerprint density at radius 1 is 1.12 bits per heavy atom. The molecule has 1 amide bonds. The molecule has 1 unspecified atom stereocenters. The lowest BCUT2D eigenvalue weighted by Crippen LogP contribution is -2.30. The molecule has 3 aromatic rings. The number of methoxy groups -OCH3 is 1. The number of aliphatic hydroxyl groups excluding tert-OH is 1. The number of carbonyl (C=O) groups is 2. The fourth-order valence-corrected chi connectivity index (χ4v) is 4.13. The van der Waals surface area contributed by atoms with Crippen LogP contribution in [-0.4, -0.2) is 23.9 Å². The van der Waals surface area contributed by atoms with Gasteiger partial charge in [0, 0.05) is 11.6 Å². The third-order valence-electron chi connectivity index (χ3n) is 5.07. The number of ether oxygens (including phenoxy) is 1. The Balaban J connectivity index is 1.96. The highest BCUT2D eigenvalue weighted by molar-refractivity contribution is 9.10. The highest BCUT2D eigenvalue weighted by Gasteiger charge is 2.49. The third kappa shape index (κ3) is 3.58. The van der Waals surface area contributed by atoms with Gasteiger partial charge in [0.25, 0.3) is 11.7 Å². The Kier molecular flexibility index (Phi) is 5.60. The minimum atomic E-state index is -1.30. The van der Waals surface area contributed by atoms with Crippen LogP contribution in [0.4, 0.5) is 14.5 Å². The van der Waals surface area contributed by atoms with E-state index in [0.29, 0.717) is 16.0 Å². The number of ketones is 1. The van der Waals surface area contributed by atoms with Crippen molar-refractivity contribution in [3.05, 3.63) is 87.3 Å². The smallest absolute Gasteiger partial charge is 0.300 e. The molecule has 2 aromatic carbocycles. The molecular weight excluding hydrogens is 488 g/mol. The zero-order chi connectivity index (χ0) is 23.2. The van der Waals surface area contributed by atoms with Crippen molar-refractivity contribution < 1.29 is 32.6 Å². The molecule has 0 spiro atoms. The zero-order valence-electron chi connectivity index (χ0n) is 16.9. The van der Waals surface area contributed by atoms with Crippen molar-refractivity contribution in [3.8, 4) is 5.75 Å². The van der Waals surface area contributed by atoms with Gasteiger partial charge in [0.2, 0.25) is 0 Å². The van der Waals surface area contributed by atoms with Gasteiger partial charge in [-0.05, 0) is 65.3 Å². The lowest BCUT2D eigenvalue weighted by Gasteiger charge is -2.24. The number of amides is 1. The number of anilines is 1. The van der Waals surface area contributed by atoms with Gasteiger partial charge in [-0.3, -0.25) is 14.5 Å². The SMILES string of the molecule is COc1ccc(/C(O)=C2/C(=O)C(=O)N(c3cc(F)ccc3F)C2c2ccc(C)o2)cc1Br. The van der Waals surface area contributed by atoms with Gasteiger partial charge >= 0.3 is 0 Å². The van der Waals surface area contributed by atoms with E-state index < -0.39 is 40.8 Å². The quantitative estimate of drug-likeness (QED) is 0.298. The summed E-state index contributed by atoms with van der Waals surface area (Å²) in [6, 6.07) is 8.94. The summed E-state index contributed by atoms with van der Waals surface area (Å²) in [5.74, 6) is -3.31. The lowest BCUT2D eigenvalue weighted by molar-refractivity contribution is -0.132. The number of nitrogens with zero attached hydrogens (tertiary/aromatic N) is 1. The molecule has 2 heterocycles. The van der Waals surface area contributed by atoms with Crippen molar-refractivity contribution in [3.63, 3.8) is 0 Å². The second-order valence-corrected chi connectivity index (χ2v) is 7.92. The molecule has 0 saturated carbocycles. The fourth-order valence-electron chi connectivity index (χ4n) is 3.59. The molecule has 1 aliphatic heterocycles. The monoisotopic (exact) mass is 503 g/mol. The van der Waals surface area contributed by atoms with Gasteiger partial charge in [0.15, 0.2) is 0 Å². The number of halogens is 3. The molecule has 1 saturated heterocycles. The minimum absolute atomic E-state index is 0.111. The number of rotatable bonds is 4. The van der Waals surface area contributed by atoms with Gasteiger partial charge in [-0.25, -0.2) is 8.78 Å². The Bertz CT molecular complexity index is 1280. The summed E-state index contributed by atoms with van der Waals surface area (Å²) < 4.78 is 39.8. The predicted molar refractivity (Wildman–Crippen MR) is 115 cm³/mol. The Morgan fingerprint density at radius 2 is 1.88 bits per heavy atom. The van der Waals surface area contributed by atoms with Crippen molar-refractivity contribution in [2.75, 3.05) is 12.0 Å². The minimum Gasteiger partial charge on any atom is -0.507 e. The van der Waals surface area contributed by atoms with Gasteiger partial charge in [-0.1, -0.05) is 0 Å². The fraction of sp³-hybridized carbons (Fsp3) is 0.130. The number of furan rings is 1. The van der Waals surface area contributed by atoms with E-state index in [1.165, 1.54) is 25.3 Å². The summed E-state index contributed by atoms with van der Waals surface area (Å²) in [6.07, 6.45) is 0. The first-order chi connectivity index (χ1) is 15.2. The number of carbonyl (C=O) groups excluding carboxylic acids is 2.